The molecular formula is C11H5ClO4. The Hall–Kier alpha value is -1.81. The van der Waals surface area contributed by atoms with E-state index in [0.29, 0.717) is 0 Å². The summed E-state index contributed by atoms with van der Waals surface area (Å²) in [5.41, 5.74) is 0.458. The molecule has 1 aliphatic heterocycles. The van der Waals surface area contributed by atoms with E-state index in [1.54, 1.807) is 18.2 Å². The Balaban J connectivity index is 2.30. The zero-order chi connectivity index (χ0) is 11.3. The fraction of sp³-hybridized carbons (Fsp3) is 0.0909. The monoisotopic (exact) mass is 236 g/mol. The maximum atomic E-state index is 12.0. The molecule has 0 saturated carbocycles. The largest absolute Gasteiger partial charge is 0.449 e. The zero-order valence-corrected chi connectivity index (χ0v) is 8.71. The summed E-state index contributed by atoms with van der Waals surface area (Å²) in [5.74, 6) is -0.803. The Bertz CT molecular complexity index is 559. The second-order valence-electron chi connectivity index (χ2n) is 3.39. The van der Waals surface area contributed by atoms with Gasteiger partial charge in [0, 0.05) is 5.56 Å². The summed E-state index contributed by atoms with van der Waals surface area (Å²) < 4.78 is 9.96. The van der Waals surface area contributed by atoms with Crippen molar-refractivity contribution in [1.82, 2.24) is 0 Å². The van der Waals surface area contributed by atoms with E-state index >= 15 is 0 Å². The number of ketones is 2. The molecule has 0 radical (unpaired) electrons. The second kappa shape index (κ2) is 3.09. The minimum Gasteiger partial charge on any atom is -0.449 e. The molecule has 4 nitrogen and oxygen atoms in total. The van der Waals surface area contributed by atoms with E-state index in [2.05, 4.69) is 0 Å². The number of rotatable bonds is 0. The summed E-state index contributed by atoms with van der Waals surface area (Å²) in [6.07, 6.45) is 0. The molecule has 16 heavy (non-hydrogen) atoms. The van der Waals surface area contributed by atoms with Gasteiger partial charge in [0.25, 0.3) is 0 Å². The average molecular weight is 237 g/mol. The molecule has 0 atom stereocenters. The SMILES string of the molecule is O=C1C2=C(OCO2)C(=O)c2c(Cl)cccc21. The van der Waals surface area contributed by atoms with E-state index in [-0.39, 0.29) is 40.2 Å². The lowest BCUT2D eigenvalue weighted by molar-refractivity contribution is 0.0601. The summed E-state index contributed by atoms with van der Waals surface area (Å²) in [6.45, 7) is -0.103. The number of allylic oxidation sites excluding steroid dienone is 2. The van der Waals surface area contributed by atoms with Gasteiger partial charge in [-0.1, -0.05) is 23.7 Å². The Labute approximate surface area is 95.4 Å². The molecule has 0 amide bonds. The lowest BCUT2D eigenvalue weighted by Crippen LogP contribution is -2.20. The lowest BCUT2D eigenvalue weighted by Gasteiger charge is -2.13. The highest BCUT2D eigenvalue weighted by Gasteiger charge is 2.39. The molecule has 2 aliphatic rings. The first-order valence-corrected chi connectivity index (χ1v) is 4.95. The van der Waals surface area contributed by atoms with Crippen LogP contribution in [-0.4, -0.2) is 18.4 Å². The lowest BCUT2D eigenvalue weighted by atomic mass is 9.92. The van der Waals surface area contributed by atoms with Crippen molar-refractivity contribution >= 4 is 23.2 Å². The molecule has 3 rings (SSSR count). The number of carbonyl (C=O) groups excluding carboxylic acids is 2. The molecular weight excluding hydrogens is 232 g/mol. The van der Waals surface area contributed by atoms with Gasteiger partial charge in [-0.2, -0.15) is 0 Å². The number of hydrogen-bond donors (Lipinski definition) is 0. The molecule has 80 valence electrons. The predicted octanol–water partition coefficient (Wildman–Crippen LogP) is 1.93. The van der Waals surface area contributed by atoms with Gasteiger partial charge in [-0.05, 0) is 6.07 Å². The minimum atomic E-state index is -0.396. The van der Waals surface area contributed by atoms with Gasteiger partial charge >= 0.3 is 0 Å². The van der Waals surface area contributed by atoms with Crippen molar-refractivity contribution in [2.45, 2.75) is 0 Å². The van der Waals surface area contributed by atoms with E-state index in [1.807, 2.05) is 0 Å². The third-order valence-corrected chi connectivity index (χ3v) is 2.83. The van der Waals surface area contributed by atoms with Gasteiger partial charge in [-0.25, -0.2) is 0 Å². The smallest absolute Gasteiger partial charge is 0.234 e. The van der Waals surface area contributed by atoms with Gasteiger partial charge in [0.2, 0.25) is 29.9 Å². The number of halogens is 1. The number of ether oxygens (including phenoxy) is 2. The van der Waals surface area contributed by atoms with E-state index in [9.17, 15) is 9.59 Å². The minimum absolute atomic E-state index is 0.0141. The molecule has 0 aromatic heterocycles. The van der Waals surface area contributed by atoms with Crippen LogP contribution < -0.4 is 0 Å². The molecule has 5 heteroatoms. The molecule has 0 bridgehead atoms. The number of hydrogen-bond acceptors (Lipinski definition) is 4. The highest BCUT2D eigenvalue weighted by molar-refractivity contribution is 6.38. The maximum Gasteiger partial charge on any atom is 0.234 e. The van der Waals surface area contributed by atoms with Crippen LogP contribution >= 0.6 is 11.6 Å². The normalized spacial score (nSPS) is 17.8. The van der Waals surface area contributed by atoms with Crippen LogP contribution in [0.4, 0.5) is 0 Å². The highest BCUT2D eigenvalue weighted by atomic mass is 35.5. The van der Waals surface area contributed by atoms with Crippen molar-refractivity contribution in [3.05, 3.63) is 45.9 Å². The van der Waals surface area contributed by atoms with E-state index in [4.69, 9.17) is 21.1 Å². The van der Waals surface area contributed by atoms with Crippen molar-refractivity contribution < 1.29 is 19.1 Å². The van der Waals surface area contributed by atoms with Crippen molar-refractivity contribution in [2.24, 2.45) is 0 Å². The quantitative estimate of drug-likeness (QED) is 0.691. The van der Waals surface area contributed by atoms with Gasteiger partial charge in [0.05, 0.1) is 10.6 Å². The molecule has 0 spiro atoms. The second-order valence-corrected chi connectivity index (χ2v) is 3.79. The van der Waals surface area contributed by atoms with Crippen LogP contribution in [0.2, 0.25) is 5.02 Å². The number of benzene rings is 1. The van der Waals surface area contributed by atoms with Crippen LogP contribution in [-0.2, 0) is 9.47 Å². The Kier molecular flexibility index (Phi) is 1.82. The summed E-state index contributed by atoms with van der Waals surface area (Å²) >= 11 is 5.90. The fourth-order valence-corrected chi connectivity index (χ4v) is 2.06. The molecule has 1 heterocycles. The zero-order valence-electron chi connectivity index (χ0n) is 7.95. The van der Waals surface area contributed by atoms with Gasteiger partial charge in [-0.15, -0.1) is 0 Å². The maximum absolute atomic E-state index is 12.0. The fourth-order valence-electron chi connectivity index (χ4n) is 1.80. The van der Waals surface area contributed by atoms with E-state index in [0.717, 1.165) is 0 Å². The van der Waals surface area contributed by atoms with Crippen LogP contribution in [0.5, 0.6) is 0 Å². The molecule has 0 saturated heterocycles. The third kappa shape index (κ3) is 1.05. The Morgan fingerprint density at radius 3 is 2.50 bits per heavy atom. The van der Waals surface area contributed by atoms with Crippen LogP contribution in [0.25, 0.3) is 0 Å². The molecule has 0 unspecified atom stereocenters. The number of carbonyl (C=O) groups is 2. The van der Waals surface area contributed by atoms with E-state index in [1.165, 1.54) is 0 Å². The Morgan fingerprint density at radius 1 is 1.06 bits per heavy atom. The van der Waals surface area contributed by atoms with Crippen LogP contribution in [0.15, 0.2) is 29.7 Å². The number of fused-ring (bicyclic) bond motifs is 1. The summed E-state index contributed by atoms with van der Waals surface area (Å²) in [5, 5.41) is 0.248. The first-order valence-electron chi connectivity index (χ1n) is 4.58. The van der Waals surface area contributed by atoms with Gasteiger partial charge < -0.3 is 9.47 Å². The topological polar surface area (TPSA) is 52.6 Å². The van der Waals surface area contributed by atoms with Crippen molar-refractivity contribution in [3.8, 4) is 0 Å². The predicted molar refractivity (Wildman–Crippen MR) is 54.2 cm³/mol. The Morgan fingerprint density at radius 2 is 1.75 bits per heavy atom. The molecule has 1 aromatic rings. The van der Waals surface area contributed by atoms with Crippen LogP contribution in [0.1, 0.15) is 20.7 Å². The molecule has 0 N–H and O–H groups in total. The number of Topliss-reactive ketones (excluding diaryl/α,β-unsaturated/α-hetero) is 2. The average Bonchev–Trinajstić information content (AvgIpc) is 2.75. The standard InChI is InChI=1S/C11H5ClO4/c12-6-3-1-2-5-7(6)9(14)11-10(8(5)13)15-4-16-11/h1-3H,4H2. The third-order valence-electron chi connectivity index (χ3n) is 2.51. The first kappa shape index (κ1) is 9.42. The van der Waals surface area contributed by atoms with Crippen LogP contribution in [0, 0.1) is 0 Å². The molecule has 1 aromatic carbocycles. The molecule has 1 aliphatic carbocycles. The van der Waals surface area contributed by atoms with Crippen molar-refractivity contribution in [1.29, 1.82) is 0 Å². The van der Waals surface area contributed by atoms with E-state index < -0.39 is 5.78 Å². The van der Waals surface area contributed by atoms with Crippen molar-refractivity contribution in [3.63, 3.8) is 0 Å². The van der Waals surface area contributed by atoms with Crippen molar-refractivity contribution in [2.75, 3.05) is 6.79 Å². The highest BCUT2D eigenvalue weighted by Crippen LogP contribution is 2.34. The summed E-state index contributed by atoms with van der Waals surface area (Å²) in [6, 6.07) is 4.73. The first-order chi connectivity index (χ1) is 7.70. The summed E-state index contributed by atoms with van der Waals surface area (Å²) in [4.78, 5) is 23.9. The van der Waals surface area contributed by atoms with Gasteiger partial charge in [0.15, 0.2) is 0 Å². The summed E-state index contributed by atoms with van der Waals surface area (Å²) in [7, 11) is 0. The molecule has 0 fully saturated rings. The van der Waals surface area contributed by atoms with Gasteiger partial charge in [0.1, 0.15) is 0 Å². The van der Waals surface area contributed by atoms with Gasteiger partial charge in [-0.3, -0.25) is 9.59 Å². The van der Waals surface area contributed by atoms with Crippen LogP contribution in [0.3, 0.4) is 0 Å².